The third-order valence-electron chi connectivity index (χ3n) is 1.43. The van der Waals surface area contributed by atoms with Gasteiger partial charge in [-0.25, -0.2) is 4.98 Å². The summed E-state index contributed by atoms with van der Waals surface area (Å²) < 4.78 is 1.02. The molecule has 0 aliphatic carbocycles. The van der Waals surface area contributed by atoms with Crippen LogP contribution in [0.1, 0.15) is 0 Å². The van der Waals surface area contributed by atoms with Gasteiger partial charge in [-0.2, -0.15) is 0 Å². The van der Waals surface area contributed by atoms with Crippen molar-refractivity contribution in [1.29, 1.82) is 0 Å². The van der Waals surface area contributed by atoms with Gasteiger partial charge in [-0.3, -0.25) is 0 Å². The lowest BCUT2D eigenvalue weighted by Gasteiger charge is -2.03. The van der Waals surface area contributed by atoms with Crippen LogP contribution in [0.15, 0.2) is 40.0 Å². The van der Waals surface area contributed by atoms with Crippen LogP contribution in [0.25, 0.3) is 0 Å². The van der Waals surface area contributed by atoms with Gasteiger partial charge >= 0.3 is 0 Å². The second-order valence-electron chi connectivity index (χ2n) is 2.53. The van der Waals surface area contributed by atoms with Gasteiger partial charge in [-0.05, 0) is 28.1 Å². The fourth-order valence-corrected chi connectivity index (χ4v) is 2.11. The molecule has 0 atom stereocenters. The van der Waals surface area contributed by atoms with Gasteiger partial charge in [0.25, 0.3) is 0 Å². The van der Waals surface area contributed by atoms with Crippen LogP contribution < -0.4 is 5.73 Å². The molecule has 2 N–H and O–H groups in total. The molecule has 0 aromatic carbocycles. The van der Waals surface area contributed by atoms with Crippen LogP contribution in [-0.2, 0) is 0 Å². The van der Waals surface area contributed by atoms with E-state index in [0.717, 1.165) is 20.8 Å². The highest BCUT2D eigenvalue weighted by atomic mass is 79.9. The van der Waals surface area contributed by atoms with Crippen LogP contribution in [0.2, 0.25) is 0 Å². The highest BCUT2D eigenvalue weighted by Crippen LogP contribution is 2.25. The summed E-state index contributed by atoms with van der Waals surface area (Å²) in [4.78, 5) is 4.22. The summed E-state index contributed by atoms with van der Waals surface area (Å²) >= 11 is 5.07. The third kappa shape index (κ3) is 3.50. The van der Waals surface area contributed by atoms with Crippen molar-refractivity contribution < 1.29 is 0 Å². The molecule has 0 saturated carbocycles. The van der Waals surface area contributed by atoms with E-state index in [0.29, 0.717) is 6.54 Å². The number of rotatable bonds is 4. The van der Waals surface area contributed by atoms with Crippen molar-refractivity contribution in [2.45, 2.75) is 5.03 Å². The second-order valence-corrected chi connectivity index (χ2v) is 4.35. The van der Waals surface area contributed by atoms with Crippen molar-refractivity contribution in [3.63, 3.8) is 0 Å². The van der Waals surface area contributed by atoms with Gasteiger partial charge in [-0.1, -0.05) is 12.2 Å². The fraction of sp³-hybridized carbons (Fsp3) is 0.222. The standard InChI is InChI=1S/C9H11BrN2S/c1-7(5-11)6-13-9-8(10)3-2-4-12-9/h2-4H,1,5-6,11H2. The van der Waals surface area contributed by atoms with Crippen molar-refractivity contribution in [3.05, 3.63) is 35.0 Å². The number of hydrogen-bond donors (Lipinski definition) is 1. The molecule has 0 saturated heterocycles. The molecule has 0 radical (unpaired) electrons. The van der Waals surface area contributed by atoms with Gasteiger partial charge in [0.1, 0.15) is 5.03 Å². The Kier molecular flexibility index (Phi) is 4.48. The Labute approximate surface area is 90.8 Å². The minimum Gasteiger partial charge on any atom is -0.327 e. The molecular weight excluding hydrogens is 248 g/mol. The summed E-state index contributed by atoms with van der Waals surface area (Å²) in [6.45, 7) is 4.37. The molecule has 0 spiro atoms. The highest BCUT2D eigenvalue weighted by Gasteiger charge is 2.00. The van der Waals surface area contributed by atoms with Crippen molar-refractivity contribution in [2.24, 2.45) is 5.73 Å². The molecule has 2 nitrogen and oxygen atoms in total. The number of nitrogens with zero attached hydrogens (tertiary/aromatic N) is 1. The Hall–Kier alpha value is -0.320. The zero-order valence-electron chi connectivity index (χ0n) is 7.16. The number of hydrogen-bond acceptors (Lipinski definition) is 3. The molecule has 1 heterocycles. The van der Waals surface area contributed by atoms with E-state index in [1.165, 1.54) is 0 Å². The predicted octanol–water partition coefficient (Wildman–Crippen LogP) is 2.45. The lowest BCUT2D eigenvalue weighted by molar-refractivity contribution is 1.10. The van der Waals surface area contributed by atoms with Crippen LogP contribution in [0.4, 0.5) is 0 Å². The summed E-state index contributed by atoms with van der Waals surface area (Å²) in [6, 6.07) is 3.87. The summed E-state index contributed by atoms with van der Waals surface area (Å²) in [7, 11) is 0. The first-order valence-electron chi connectivity index (χ1n) is 3.84. The number of pyridine rings is 1. The van der Waals surface area contributed by atoms with E-state index in [9.17, 15) is 0 Å². The Balaban J connectivity index is 2.54. The Morgan fingerprint density at radius 2 is 2.46 bits per heavy atom. The largest absolute Gasteiger partial charge is 0.327 e. The normalized spacial score (nSPS) is 10.0. The number of halogens is 1. The van der Waals surface area contributed by atoms with Gasteiger partial charge in [-0.15, -0.1) is 11.8 Å². The lowest BCUT2D eigenvalue weighted by Crippen LogP contribution is -2.03. The maximum Gasteiger partial charge on any atom is 0.110 e. The van der Waals surface area contributed by atoms with Crippen LogP contribution in [-0.4, -0.2) is 17.3 Å². The second kappa shape index (κ2) is 5.42. The van der Waals surface area contributed by atoms with Crippen LogP contribution >= 0.6 is 27.7 Å². The van der Waals surface area contributed by atoms with Crippen LogP contribution in [0.5, 0.6) is 0 Å². The molecule has 4 heteroatoms. The average molecular weight is 259 g/mol. The summed E-state index contributed by atoms with van der Waals surface area (Å²) in [5, 5.41) is 0.983. The first-order valence-corrected chi connectivity index (χ1v) is 5.62. The maximum atomic E-state index is 5.43. The quantitative estimate of drug-likeness (QED) is 0.666. The van der Waals surface area contributed by atoms with Crippen molar-refractivity contribution in [1.82, 2.24) is 4.98 Å². The number of nitrogens with two attached hydrogens (primary N) is 1. The smallest absolute Gasteiger partial charge is 0.110 e. The molecule has 70 valence electrons. The van der Waals surface area contributed by atoms with E-state index >= 15 is 0 Å². The van der Waals surface area contributed by atoms with Crippen molar-refractivity contribution >= 4 is 27.7 Å². The highest BCUT2D eigenvalue weighted by molar-refractivity contribution is 9.10. The molecule has 0 amide bonds. The molecule has 0 aliphatic rings. The molecule has 0 aliphatic heterocycles. The summed E-state index contributed by atoms with van der Waals surface area (Å²) in [5.74, 6) is 0.826. The lowest BCUT2D eigenvalue weighted by atomic mass is 10.4. The Morgan fingerprint density at radius 3 is 3.08 bits per heavy atom. The average Bonchev–Trinajstić information content (AvgIpc) is 2.16. The number of aromatic nitrogens is 1. The molecule has 1 rings (SSSR count). The van der Waals surface area contributed by atoms with E-state index in [1.807, 2.05) is 12.1 Å². The molecule has 1 aromatic rings. The zero-order chi connectivity index (χ0) is 9.68. The fourth-order valence-electron chi connectivity index (χ4n) is 0.707. The van der Waals surface area contributed by atoms with E-state index in [2.05, 4.69) is 27.5 Å². The van der Waals surface area contributed by atoms with Gasteiger partial charge in [0.2, 0.25) is 0 Å². The minimum absolute atomic E-state index is 0.539. The Bertz CT molecular complexity index is 301. The van der Waals surface area contributed by atoms with Gasteiger partial charge in [0, 0.05) is 23.0 Å². The third-order valence-corrected chi connectivity index (χ3v) is 3.48. The molecule has 1 aromatic heterocycles. The van der Waals surface area contributed by atoms with Gasteiger partial charge in [0.05, 0.1) is 0 Å². The van der Waals surface area contributed by atoms with Crippen molar-refractivity contribution in [3.8, 4) is 0 Å². The minimum atomic E-state index is 0.539. The predicted molar refractivity (Wildman–Crippen MR) is 60.9 cm³/mol. The Morgan fingerprint density at radius 1 is 1.69 bits per heavy atom. The molecule has 0 fully saturated rings. The molecule has 0 bridgehead atoms. The molecular formula is C9H11BrN2S. The van der Waals surface area contributed by atoms with Crippen LogP contribution in [0.3, 0.4) is 0 Å². The SMILES string of the molecule is C=C(CN)CSc1ncccc1Br. The summed E-state index contributed by atoms with van der Waals surface area (Å²) in [5.41, 5.74) is 6.46. The topological polar surface area (TPSA) is 38.9 Å². The molecule has 13 heavy (non-hydrogen) atoms. The monoisotopic (exact) mass is 258 g/mol. The van der Waals surface area contributed by atoms with E-state index < -0.39 is 0 Å². The van der Waals surface area contributed by atoms with E-state index in [1.54, 1.807) is 18.0 Å². The van der Waals surface area contributed by atoms with Crippen LogP contribution in [0, 0.1) is 0 Å². The maximum absolute atomic E-state index is 5.43. The molecule has 0 unspecified atom stereocenters. The van der Waals surface area contributed by atoms with Gasteiger partial charge < -0.3 is 5.73 Å². The first kappa shape index (κ1) is 10.8. The first-order chi connectivity index (χ1) is 6.24. The van der Waals surface area contributed by atoms with E-state index in [4.69, 9.17) is 5.73 Å². The number of thioether (sulfide) groups is 1. The van der Waals surface area contributed by atoms with E-state index in [-0.39, 0.29) is 0 Å². The van der Waals surface area contributed by atoms with Gasteiger partial charge in [0.15, 0.2) is 0 Å². The van der Waals surface area contributed by atoms with Crippen molar-refractivity contribution in [2.75, 3.05) is 12.3 Å². The zero-order valence-corrected chi connectivity index (χ0v) is 9.57. The summed E-state index contributed by atoms with van der Waals surface area (Å²) in [6.07, 6.45) is 1.78.